The number of carbonyl (C=O) groups is 1. The first-order chi connectivity index (χ1) is 12.1. The molecule has 0 unspecified atom stereocenters. The summed E-state index contributed by atoms with van der Waals surface area (Å²) < 4.78 is 10.3. The highest BCUT2D eigenvalue weighted by Gasteiger charge is 2.22. The lowest BCUT2D eigenvalue weighted by Crippen LogP contribution is -2.18. The lowest BCUT2D eigenvalue weighted by molar-refractivity contribution is -0.385. The largest absolute Gasteiger partial charge is 0.454 e. The monoisotopic (exact) mass is 341 g/mol. The van der Waals surface area contributed by atoms with E-state index in [9.17, 15) is 14.9 Å². The van der Waals surface area contributed by atoms with Crippen molar-refractivity contribution in [1.29, 1.82) is 0 Å². The molecular formula is C17H15N3O5. The van der Waals surface area contributed by atoms with Gasteiger partial charge in [-0.2, -0.15) is 5.10 Å². The molecule has 0 radical (unpaired) electrons. The molecule has 1 amide bonds. The van der Waals surface area contributed by atoms with Crippen LogP contribution >= 0.6 is 0 Å². The van der Waals surface area contributed by atoms with Crippen LogP contribution in [-0.4, -0.2) is 23.8 Å². The van der Waals surface area contributed by atoms with E-state index in [1.165, 1.54) is 18.3 Å². The Labute approximate surface area is 143 Å². The number of aryl methyl sites for hydroxylation is 1. The number of hydrogen-bond donors (Lipinski definition) is 1. The fourth-order valence-electron chi connectivity index (χ4n) is 2.34. The van der Waals surface area contributed by atoms with Crippen molar-refractivity contribution in [3.8, 4) is 11.5 Å². The summed E-state index contributed by atoms with van der Waals surface area (Å²) in [6, 6.07) is 12.3. The van der Waals surface area contributed by atoms with Gasteiger partial charge in [0.25, 0.3) is 5.69 Å². The van der Waals surface area contributed by atoms with Gasteiger partial charge in [-0.15, -0.1) is 0 Å². The quantitative estimate of drug-likeness (QED) is 0.494. The fraction of sp³-hybridized carbons (Fsp3) is 0.176. The molecular weight excluding hydrogens is 326 g/mol. The van der Waals surface area contributed by atoms with E-state index in [4.69, 9.17) is 9.47 Å². The Morgan fingerprint density at radius 1 is 1.24 bits per heavy atom. The second kappa shape index (κ2) is 7.43. The molecule has 1 heterocycles. The highest BCUT2D eigenvalue weighted by atomic mass is 16.7. The molecule has 0 bridgehead atoms. The average molecular weight is 341 g/mol. The minimum Gasteiger partial charge on any atom is -0.454 e. The lowest BCUT2D eigenvalue weighted by Gasteiger charge is -2.02. The number of fused-ring (bicyclic) bond motifs is 1. The molecule has 0 aliphatic carbocycles. The zero-order valence-electron chi connectivity index (χ0n) is 13.2. The van der Waals surface area contributed by atoms with Crippen LogP contribution in [0.15, 0.2) is 47.6 Å². The molecule has 8 heteroatoms. The smallest absolute Gasteiger partial charge is 0.282 e. The molecule has 3 rings (SSSR count). The summed E-state index contributed by atoms with van der Waals surface area (Å²) in [5, 5.41) is 14.9. The Morgan fingerprint density at radius 3 is 2.68 bits per heavy atom. The minimum absolute atomic E-state index is 0.0172. The van der Waals surface area contributed by atoms with Crippen LogP contribution in [0.25, 0.3) is 0 Å². The van der Waals surface area contributed by atoms with E-state index in [-0.39, 0.29) is 30.4 Å². The number of nitro groups is 1. The molecule has 8 nitrogen and oxygen atoms in total. The standard InChI is InChI=1S/C17H15N3O5/c21-17(7-6-12-4-2-1-3-5-12)19-18-10-13-8-15-16(25-11-24-15)9-14(13)20(22)23/h1-5,8-10H,6-7,11H2,(H,19,21)/b18-10+. The van der Waals surface area contributed by atoms with E-state index in [0.29, 0.717) is 17.9 Å². The molecule has 2 aromatic carbocycles. The molecule has 0 atom stereocenters. The van der Waals surface area contributed by atoms with E-state index in [1.807, 2.05) is 30.3 Å². The van der Waals surface area contributed by atoms with E-state index >= 15 is 0 Å². The van der Waals surface area contributed by atoms with Crippen molar-refractivity contribution in [2.45, 2.75) is 12.8 Å². The fourth-order valence-corrected chi connectivity index (χ4v) is 2.34. The number of nitrogens with one attached hydrogen (secondary N) is 1. The highest BCUT2D eigenvalue weighted by molar-refractivity contribution is 5.88. The van der Waals surface area contributed by atoms with Gasteiger partial charge in [0.1, 0.15) is 0 Å². The van der Waals surface area contributed by atoms with Gasteiger partial charge in [0.15, 0.2) is 11.5 Å². The first-order valence-corrected chi connectivity index (χ1v) is 7.57. The maximum atomic E-state index is 11.8. The first kappa shape index (κ1) is 16.4. The first-order valence-electron chi connectivity index (χ1n) is 7.57. The van der Waals surface area contributed by atoms with Crippen molar-refractivity contribution in [3.05, 3.63) is 63.7 Å². The van der Waals surface area contributed by atoms with Gasteiger partial charge in [-0.05, 0) is 18.1 Å². The predicted molar refractivity (Wildman–Crippen MR) is 89.7 cm³/mol. The van der Waals surface area contributed by atoms with E-state index in [2.05, 4.69) is 10.5 Å². The van der Waals surface area contributed by atoms with E-state index in [0.717, 1.165) is 5.56 Å². The molecule has 1 aliphatic heterocycles. The summed E-state index contributed by atoms with van der Waals surface area (Å²) in [6.45, 7) is 0.0172. The highest BCUT2D eigenvalue weighted by Crippen LogP contribution is 2.37. The summed E-state index contributed by atoms with van der Waals surface area (Å²) in [5.41, 5.74) is 3.47. The van der Waals surface area contributed by atoms with Gasteiger partial charge >= 0.3 is 0 Å². The van der Waals surface area contributed by atoms with Gasteiger partial charge < -0.3 is 9.47 Å². The number of hydrazone groups is 1. The number of nitro benzene ring substituents is 1. The van der Waals surface area contributed by atoms with Crippen LogP contribution in [0.2, 0.25) is 0 Å². The van der Waals surface area contributed by atoms with Crippen LogP contribution in [0.3, 0.4) is 0 Å². The van der Waals surface area contributed by atoms with Crippen molar-refractivity contribution < 1.29 is 19.2 Å². The average Bonchev–Trinajstić information content (AvgIpc) is 3.07. The summed E-state index contributed by atoms with van der Waals surface area (Å²) in [5.74, 6) is 0.446. The summed E-state index contributed by atoms with van der Waals surface area (Å²) >= 11 is 0. The van der Waals surface area contributed by atoms with Crippen LogP contribution < -0.4 is 14.9 Å². The van der Waals surface area contributed by atoms with Crippen LogP contribution in [0, 0.1) is 10.1 Å². The van der Waals surface area contributed by atoms with Gasteiger partial charge in [0.2, 0.25) is 12.7 Å². The number of amides is 1. The third-order valence-corrected chi connectivity index (χ3v) is 3.60. The molecule has 0 saturated heterocycles. The predicted octanol–water partition coefficient (Wildman–Crippen LogP) is 2.41. The molecule has 2 aromatic rings. The third kappa shape index (κ3) is 4.11. The number of carbonyl (C=O) groups excluding carboxylic acids is 1. The molecule has 25 heavy (non-hydrogen) atoms. The Kier molecular flexibility index (Phi) is 4.89. The van der Waals surface area contributed by atoms with Gasteiger partial charge in [-0.3, -0.25) is 14.9 Å². The van der Waals surface area contributed by atoms with Gasteiger partial charge in [0, 0.05) is 6.42 Å². The van der Waals surface area contributed by atoms with Crippen molar-refractivity contribution in [3.63, 3.8) is 0 Å². The van der Waals surface area contributed by atoms with E-state index < -0.39 is 4.92 Å². The molecule has 0 saturated carbocycles. The van der Waals surface area contributed by atoms with E-state index in [1.54, 1.807) is 0 Å². The Hall–Kier alpha value is -3.42. The Bertz CT molecular complexity index is 821. The Balaban J connectivity index is 1.62. The lowest BCUT2D eigenvalue weighted by atomic mass is 10.1. The van der Waals surface area contributed by atoms with Crippen LogP contribution in [-0.2, 0) is 11.2 Å². The summed E-state index contributed by atoms with van der Waals surface area (Å²) in [7, 11) is 0. The molecule has 0 spiro atoms. The van der Waals surface area contributed by atoms with Crippen molar-refractivity contribution in [2.75, 3.05) is 6.79 Å². The third-order valence-electron chi connectivity index (χ3n) is 3.60. The van der Waals surface area contributed by atoms with Gasteiger partial charge in [-0.25, -0.2) is 5.43 Å². The molecule has 0 fully saturated rings. The number of ether oxygens (including phenoxy) is 2. The zero-order valence-corrected chi connectivity index (χ0v) is 13.2. The maximum Gasteiger partial charge on any atom is 0.282 e. The van der Waals surface area contributed by atoms with Crippen molar-refractivity contribution in [2.24, 2.45) is 5.10 Å². The zero-order chi connectivity index (χ0) is 17.6. The van der Waals surface area contributed by atoms with Gasteiger partial charge in [-0.1, -0.05) is 30.3 Å². The van der Waals surface area contributed by atoms with Crippen LogP contribution in [0.1, 0.15) is 17.5 Å². The normalized spacial score (nSPS) is 12.3. The summed E-state index contributed by atoms with van der Waals surface area (Å²) in [4.78, 5) is 22.4. The summed E-state index contributed by atoms with van der Waals surface area (Å²) in [6.07, 6.45) is 2.08. The SMILES string of the molecule is O=C(CCc1ccccc1)N/N=C/c1cc2c(cc1[N+](=O)[O-])OCO2. The number of rotatable bonds is 6. The van der Waals surface area contributed by atoms with Crippen LogP contribution in [0.5, 0.6) is 11.5 Å². The topological polar surface area (TPSA) is 103 Å². The number of nitrogens with zero attached hydrogens (tertiary/aromatic N) is 2. The van der Waals surface area contributed by atoms with Gasteiger partial charge in [0.05, 0.1) is 22.8 Å². The molecule has 1 N–H and O–H groups in total. The number of benzene rings is 2. The molecule has 1 aliphatic rings. The second-order valence-corrected chi connectivity index (χ2v) is 5.30. The Morgan fingerprint density at radius 2 is 1.96 bits per heavy atom. The second-order valence-electron chi connectivity index (χ2n) is 5.30. The van der Waals surface area contributed by atoms with Crippen LogP contribution in [0.4, 0.5) is 5.69 Å². The molecule has 128 valence electrons. The van der Waals surface area contributed by atoms with Crippen molar-refractivity contribution in [1.82, 2.24) is 5.43 Å². The minimum atomic E-state index is -0.541. The maximum absolute atomic E-state index is 11.8. The van der Waals surface area contributed by atoms with Crippen molar-refractivity contribution >= 4 is 17.8 Å². The number of hydrogen-bond acceptors (Lipinski definition) is 6. The molecule has 0 aromatic heterocycles.